The molecule has 2 aromatic carbocycles. The lowest BCUT2D eigenvalue weighted by Crippen LogP contribution is -2.31. The van der Waals surface area contributed by atoms with Gasteiger partial charge in [-0.1, -0.05) is 0 Å². The van der Waals surface area contributed by atoms with Gasteiger partial charge in [0, 0.05) is 5.56 Å². The maximum Gasteiger partial charge on any atom is 0.325 e. The van der Waals surface area contributed by atoms with E-state index in [0.29, 0.717) is 11.5 Å². The van der Waals surface area contributed by atoms with E-state index in [1.165, 1.54) is 32.4 Å². The minimum atomic E-state index is -0.791. The maximum atomic E-state index is 12.8. The molecule has 0 aromatic heterocycles. The summed E-state index contributed by atoms with van der Waals surface area (Å²) in [6.45, 7) is -0.951. The molecule has 142 valence electrons. The zero-order chi connectivity index (χ0) is 19.8. The zero-order valence-electron chi connectivity index (χ0n) is 14.8. The SMILES string of the molecule is COc1ccc(OC)c(C(=O)COC(=O)CNC(=O)c2ccc(F)cc2)c1. The van der Waals surface area contributed by atoms with Crippen LogP contribution in [0.25, 0.3) is 0 Å². The van der Waals surface area contributed by atoms with E-state index in [4.69, 9.17) is 14.2 Å². The molecule has 7 nitrogen and oxygen atoms in total. The number of carbonyl (C=O) groups excluding carboxylic acids is 3. The van der Waals surface area contributed by atoms with Crippen LogP contribution in [0, 0.1) is 5.82 Å². The molecule has 0 saturated carbocycles. The Hall–Kier alpha value is -3.42. The predicted octanol–water partition coefficient (Wildman–Crippen LogP) is 2.00. The first-order chi connectivity index (χ1) is 12.9. The molecule has 0 aliphatic rings. The van der Waals surface area contributed by atoms with Crippen molar-refractivity contribution in [3.63, 3.8) is 0 Å². The van der Waals surface area contributed by atoms with Crippen LogP contribution in [-0.2, 0) is 9.53 Å². The van der Waals surface area contributed by atoms with E-state index >= 15 is 0 Å². The first-order valence-electron chi connectivity index (χ1n) is 7.89. The average Bonchev–Trinajstić information content (AvgIpc) is 2.70. The number of carbonyl (C=O) groups is 3. The fourth-order valence-corrected chi connectivity index (χ4v) is 2.16. The summed E-state index contributed by atoms with van der Waals surface area (Å²) in [7, 11) is 2.87. The summed E-state index contributed by atoms with van der Waals surface area (Å²) >= 11 is 0. The minimum absolute atomic E-state index is 0.196. The third kappa shape index (κ3) is 5.53. The molecule has 1 amide bonds. The van der Waals surface area contributed by atoms with Crippen molar-refractivity contribution in [2.75, 3.05) is 27.4 Å². The van der Waals surface area contributed by atoms with Gasteiger partial charge < -0.3 is 19.5 Å². The van der Waals surface area contributed by atoms with E-state index in [1.54, 1.807) is 12.1 Å². The number of ether oxygens (including phenoxy) is 3. The lowest BCUT2D eigenvalue weighted by atomic mass is 10.1. The second-order valence-corrected chi connectivity index (χ2v) is 5.34. The van der Waals surface area contributed by atoms with Gasteiger partial charge in [-0.15, -0.1) is 0 Å². The Balaban J connectivity index is 1.87. The van der Waals surface area contributed by atoms with Crippen molar-refractivity contribution in [1.82, 2.24) is 5.32 Å². The Morgan fingerprint density at radius 3 is 2.33 bits per heavy atom. The highest BCUT2D eigenvalue weighted by Crippen LogP contribution is 2.24. The molecular weight excluding hydrogens is 357 g/mol. The molecule has 0 aliphatic carbocycles. The van der Waals surface area contributed by atoms with Gasteiger partial charge in [0.25, 0.3) is 5.91 Å². The molecule has 0 spiro atoms. The van der Waals surface area contributed by atoms with Crippen LogP contribution in [0.3, 0.4) is 0 Å². The molecule has 27 heavy (non-hydrogen) atoms. The number of hydrogen-bond acceptors (Lipinski definition) is 6. The third-order valence-corrected chi connectivity index (χ3v) is 3.57. The van der Waals surface area contributed by atoms with E-state index in [2.05, 4.69) is 5.32 Å². The van der Waals surface area contributed by atoms with Gasteiger partial charge in [0.2, 0.25) is 5.78 Å². The molecule has 0 saturated heterocycles. The molecular formula is C19H18FNO6. The molecule has 8 heteroatoms. The highest BCUT2D eigenvalue weighted by molar-refractivity contribution is 6.01. The van der Waals surface area contributed by atoms with Crippen molar-refractivity contribution >= 4 is 17.7 Å². The van der Waals surface area contributed by atoms with Crippen molar-refractivity contribution in [2.24, 2.45) is 0 Å². The quantitative estimate of drug-likeness (QED) is 0.561. The lowest BCUT2D eigenvalue weighted by Gasteiger charge is -2.10. The van der Waals surface area contributed by atoms with Gasteiger partial charge in [-0.3, -0.25) is 14.4 Å². The molecule has 0 heterocycles. The van der Waals surface area contributed by atoms with Crippen LogP contribution in [-0.4, -0.2) is 45.0 Å². The van der Waals surface area contributed by atoms with Crippen molar-refractivity contribution in [1.29, 1.82) is 0 Å². The molecule has 2 aromatic rings. The minimum Gasteiger partial charge on any atom is -0.497 e. The number of amides is 1. The van der Waals surface area contributed by atoms with Gasteiger partial charge in [0.05, 0.1) is 19.8 Å². The summed E-state index contributed by atoms with van der Waals surface area (Å²) in [5.41, 5.74) is 0.404. The number of nitrogens with one attached hydrogen (secondary N) is 1. The van der Waals surface area contributed by atoms with Crippen LogP contribution < -0.4 is 14.8 Å². The van der Waals surface area contributed by atoms with Gasteiger partial charge in [-0.05, 0) is 42.5 Å². The first-order valence-corrected chi connectivity index (χ1v) is 7.89. The van der Waals surface area contributed by atoms with Crippen LogP contribution in [0.2, 0.25) is 0 Å². The van der Waals surface area contributed by atoms with Crippen molar-refractivity contribution in [2.45, 2.75) is 0 Å². The standard InChI is InChI=1S/C19H18FNO6/c1-25-14-7-8-17(26-2)15(9-14)16(22)11-27-18(23)10-21-19(24)12-3-5-13(20)6-4-12/h3-9H,10-11H2,1-2H3,(H,21,24). The highest BCUT2D eigenvalue weighted by atomic mass is 19.1. The lowest BCUT2D eigenvalue weighted by molar-refractivity contribution is -0.141. The van der Waals surface area contributed by atoms with Gasteiger partial charge >= 0.3 is 5.97 Å². The van der Waals surface area contributed by atoms with Crippen molar-refractivity contribution in [3.05, 3.63) is 59.4 Å². The van der Waals surface area contributed by atoms with E-state index < -0.39 is 36.6 Å². The maximum absolute atomic E-state index is 12.8. The highest BCUT2D eigenvalue weighted by Gasteiger charge is 2.16. The summed E-state index contributed by atoms with van der Waals surface area (Å²) < 4.78 is 27.9. The topological polar surface area (TPSA) is 90.9 Å². The molecule has 0 unspecified atom stereocenters. The van der Waals surface area contributed by atoms with Crippen LogP contribution in [0.1, 0.15) is 20.7 Å². The second kappa shape index (κ2) is 9.33. The summed E-state index contributed by atoms with van der Waals surface area (Å²) in [5.74, 6) is -1.53. The Morgan fingerprint density at radius 1 is 1.00 bits per heavy atom. The summed E-state index contributed by atoms with van der Waals surface area (Å²) in [6.07, 6.45) is 0. The summed E-state index contributed by atoms with van der Waals surface area (Å²) in [5, 5.41) is 2.33. The number of methoxy groups -OCH3 is 2. The van der Waals surface area contributed by atoms with E-state index in [0.717, 1.165) is 12.1 Å². The predicted molar refractivity (Wildman–Crippen MR) is 93.6 cm³/mol. The number of halogens is 1. The number of benzene rings is 2. The van der Waals surface area contributed by atoms with Gasteiger partial charge in [0.15, 0.2) is 6.61 Å². The third-order valence-electron chi connectivity index (χ3n) is 3.57. The Labute approximate surface area is 155 Å². The zero-order valence-corrected chi connectivity index (χ0v) is 14.8. The molecule has 0 aliphatic heterocycles. The molecule has 0 bridgehead atoms. The summed E-state index contributed by atoms with van der Waals surface area (Å²) in [6, 6.07) is 9.51. The van der Waals surface area contributed by atoms with Crippen LogP contribution in [0.4, 0.5) is 4.39 Å². The fraction of sp³-hybridized carbons (Fsp3) is 0.211. The Kier molecular flexibility index (Phi) is 6.87. The number of rotatable bonds is 8. The largest absolute Gasteiger partial charge is 0.497 e. The number of Topliss-reactive ketones (excluding diaryl/α,β-unsaturated/α-hetero) is 1. The average molecular weight is 375 g/mol. The normalized spacial score (nSPS) is 10.0. The molecule has 2 rings (SSSR count). The van der Waals surface area contributed by atoms with Crippen LogP contribution in [0.5, 0.6) is 11.5 Å². The number of ketones is 1. The monoisotopic (exact) mass is 375 g/mol. The van der Waals surface area contributed by atoms with Gasteiger partial charge in [0.1, 0.15) is 23.9 Å². The Morgan fingerprint density at radius 2 is 1.70 bits per heavy atom. The molecule has 0 atom stereocenters. The number of esters is 1. The van der Waals surface area contributed by atoms with Crippen molar-refractivity contribution < 1.29 is 33.0 Å². The van der Waals surface area contributed by atoms with Gasteiger partial charge in [-0.2, -0.15) is 0 Å². The Bertz CT molecular complexity index is 835. The number of hydrogen-bond donors (Lipinski definition) is 1. The molecule has 0 fully saturated rings. The second-order valence-electron chi connectivity index (χ2n) is 5.34. The van der Waals surface area contributed by atoms with Gasteiger partial charge in [-0.25, -0.2) is 4.39 Å². The van der Waals surface area contributed by atoms with E-state index in [1.807, 2.05) is 0 Å². The van der Waals surface area contributed by atoms with Crippen LogP contribution >= 0.6 is 0 Å². The smallest absolute Gasteiger partial charge is 0.325 e. The molecule has 1 N–H and O–H groups in total. The van der Waals surface area contributed by atoms with Crippen LogP contribution in [0.15, 0.2) is 42.5 Å². The fourth-order valence-electron chi connectivity index (χ4n) is 2.16. The summed E-state index contributed by atoms with van der Waals surface area (Å²) in [4.78, 5) is 35.8. The van der Waals surface area contributed by atoms with Crippen molar-refractivity contribution in [3.8, 4) is 11.5 Å². The van der Waals surface area contributed by atoms with E-state index in [9.17, 15) is 18.8 Å². The first kappa shape index (κ1) is 19.9. The molecule has 0 radical (unpaired) electrons. The van der Waals surface area contributed by atoms with E-state index in [-0.39, 0.29) is 11.1 Å².